The first-order valence-electron chi connectivity index (χ1n) is 8.38. The van der Waals surface area contributed by atoms with Gasteiger partial charge in [-0.2, -0.15) is 4.31 Å². The number of nitrogens with zero attached hydrogens (tertiary/aromatic N) is 1. The van der Waals surface area contributed by atoms with E-state index < -0.39 is 16.0 Å². The van der Waals surface area contributed by atoms with Crippen LogP contribution in [0.25, 0.3) is 0 Å². The molecule has 2 rings (SSSR count). The van der Waals surface area contributed by atoms with Crippen molar-refractivity contribution >= 4 is 16.0 Å². The van der Waals surface area contributed by atoms with Gasteiger partial charge in [-0.05, 0) is 36.2 Å². The number of hydrogen-bond donors (Lipinski definition) is 1. The Balaban J connectivity index is 2.34. The molecule has 0 aliphatic rings. The average molecular weight is 393 g/mol. The monoisotopic (exact) mass is 393 g/mol. The Labute approximate surface area is 159 Å². The second-order valence-electron chi connectivity index (χ2n) is 5.86. The van der Waals surface area contributed by atoms with Crippen LogP contribution in [0.1, 0.15) is 29.3 Å². The highest BCUT2D eigenvalue weighted by Gasteiger charge is 2.25. The van der Waals surface area contributed by atoms with E-state index in [1.165, 1.54) is 42.8 Å². The minimum absolute atomic E-state index is 0.107. The highest BCUT2D eigenvalue weighted by Crippen LogP contribution is 2.31. The summed E-state index contributed by atoms with van der Waals surface area (Å²) in [6, 6.07) is 10.6. The number of hydrogen-bond acceptors (Lipinski definition) is 5. The van der Waals surface area contributed by atoms with E-state index in [-0.39, 0.29) is 17.0 Å². The molecule has 0 amide bonds. The number of rotatable bonds is 9. The molecule has 0 spiro atoms. The maximum Gasteiger partial charge on any atom is 0.335 e. The third-order valence-electron chi connectivity index (χ3n) is 4.03. The second kappa shape index (κ2) is 8.88. The zero-order valence-corrected chi connectivity index (χ0v) is 16.3. The molecule has 0 aromatic heterocycles. The van der Waals surface area contributed by atoms with Crippen molar-refractivity contribution in [2.75, 3.05) is 20.8 Å². The molecule has 7 nitrogen and oxygen atoms in total. The zero-order valence-electron chi connectivity index (χ0n) is 15.5. The minimum atomic E-state index is -3.76. The summed E-state index contributed by atoms with van der Waals surface area (Å²) in [6.45, 7) is 2.37. The molecule has 0 aliphatic carbocycles. The molecular weight excluding hydrogens is 370 g/mol. The third-order valence-corrected chi connectivity index (χ3v) is 5.87. The van der Waals surface area contributed by atoms with Crippen LogP contribution in [0, 0.1) is 0 Å². The first kappa shape index (κ1) is 20.7. The van der Waals surface area contributed by atoms with Gasteiger partial charge in [-0.25, -0.2) is 13.2 Å². The summed E-state index contributed by atoms with van der Waals surface area (Å²) in [4.78, 5) is 11.1. The maximum absolute atomic E-state index is 13.1. The summed E-state index contributed by atoms with van der Waals surface area (Å²) in [5, 5.41) is 8.98. The van der Waals surface area contributed by atoms with Crippen LogP contribution in [0.2, 0.25) is 0 Å². The van der Waals surface area contributed by atoms with Gasteiger partial charge in [0.15, 0.2) is 11.5 Å². The predicted octanol–water partition coefficient (Wildman–Crippen LogP) is 3.00. The molecular formula is C19H23NO6S. The fraction of sp³-hybridized carbons (Fsp3) is 0.316. The Kier molecular flexibility index (Phi) is 6.81. The van der Waals surface area contributed by atoms with Crippen molar-refractivity contribution in [2.45, 2.75) is 24.8 Å². The van der Waals surface area contributed by atoms with Crippen LogP contribution in [0.4, 0.5) is 0 Å². The van der Waals surface area contributed by atoms with Crippen molar-refractivity contribution in [2.24, 2.45) is 0 Å². The molecule has 27 heavy (non-hydrogen) atoms. The van der Waals surface area contributed by atoms with Gasteiger partial charge in [0.25, 0.3) is 0 Å². The molecule has 0 unspecified atom stereocenters. The molecule has 0 aliphatic heterocycles. The smallest absolute Gasteiger partial charge is 0.335 e. The Morgan fingerprint density at radius 1 is 1.04 bits per heavy atom. The van der Waals surface area contributed by atoms with Crippen molar-refractivity contribution in [1.29, 1.82) is 0 Å². The van der Waals surface area contributed by atoms with E-state index >= 15 is 0 Å². The summed E-state index contributed by atoms with van der Waals surface area (Å²) < 4.78 is 37.9. The van der Waals surface area contributed by atoms with Crippen LogP contribution in [0.5, 0.6) is 11.5 Å². The van der Waals surface area contributed by atoms with Gasteiger partial charge in [0.05, 0.1) is 24.7 Å². The minimum Gasteiger partial charge on any atom is -0.493 e. The molecule has 2 aromatic carbocycles. The summed E-state index contributed by atoms with van der Waals surface area (Å²) in [7, 11) is -0.835. The fourth-order valence-electron chi connectivity index (χ4n) is 2.62. The van der Waals surface area contributed by atoms with E-state index in [9.17, 15) is 13.2 Å². The van der Waals surface area contributed by atoms with Crippen LogP contribution in [-0.4, -0.2) is 44.6 Å². The Morgan fingerprint density at radius 3 is 2.19 bits per heavy atom. The van der Waals surface area contributed by atoms with Crippen LogP contribution in [-0.2, 0) is 16.6 Å². The SMILES string of the molecule is CCCN(Cc1ccc(C(=O)O)cc1)S(=O)(=O)c1ccc(OC)c(OC)c1. The number of ether oxygens (including phenoxy) is 2. The van der Waals surface area contributed by atoms with Gasteiger partial charge < -0.3 is 14.6 Å². The molecule has 0 heterocycles. The Bertz CT molecular complexity index is 893. The molecule has 0 atom stereocenters. The topological polar surface area (TPSA) is 93.1 Å². The van der Waals surface area contributed by atoms with Gasteiger partial charge in [0.2, 0.25) is 10.0 Å². The highest BCUT2D eigenvalue weighted by molar-refractivity contribution is 7.89. The van der Waals surface area contributed by atoms with Crippen molar-refractivity contribution in [1.82, 2.24) is 4.31 Å². The molecule has 0 fully saturated rings. The van der Waals surface area contributed by atoms with Gasteiger partial charge in [-0.1, -0.05) is 19.1 Å². The number of benzene rings is 2. The Hall–Kier alpha value is -2.58. The number of sulfonamides is 1. The lowest BCUT2D eigenvalue weighted by molar-refractivity contribution is 0.0697. The van der Waals surface area contributed by atoms with Gasteiger partial charge in [-0.15, -0.1) is 0 Å². The van der Waals surface area contributed by atoms with Crippen LogP contribution in [0.3, 0.4) is 0 Å². The van der Waals surface area contributed by atoms with Gasteiger partial charge in [0, 0.05) is 19.2 Å². The molecule has 8 heteroatoms. The van der Waals surface area contributed by atoms with Gasteiger partial charge in [0.1, 0.15) is 0 Å². The van der Waals surface area contributed by atoms with Crippen molar-refractivity contribution in [3.8, 4) is 11.5 Å². The van der Waals surface area contributed by atoms with E-state index in [4.69, 9.17) is 14.6 Å². The molecule has 0 saturated carbocycles. The lowest BCUT2D eigenvalue weighted by atomic mass is 10.1. The Morgan fingerprint density at radius 2 is 1.67 bits per heavy atom. The first-order valence-corrected chi connectivity index (χ1v) is 9.82. The fourth-order valence-corrected chi connectivity index (χ4v) is 4.15. The number of carbonyl (C=O) groups is 1. The largest absolute Gasteiger partial charge is 0.493 e. The quantitative estimate of drug-likeness (QED) is 0.704. The number of carboxylic acids is 1. The summed E-state index contributed by atoms with van der Waals surface area (Å²) in [6.07, 6.45) is 0.639. The standard InChI is InChI=1S/C19H23NO6S/c1-4-11-20(13-14-5-7-15(8-6-14)19(21)22)27(23,24)16-9-10-17(25-2)18(12-16)26-3/h5-10,12H,4,11,13H2,1-3H3,(H,21,22). The van der Waals surface area contributed by atoms with E-state index in [1.807, 2.05) is 6.92 Å². The van der Waals surface area contributed by atoms with Crippen LogP contribution in [0.15, 0.2) is 47.4 Å². The number of methoxy groups -OCH3 is 2. The molecule has 1 N–H and O–H groups in total. The molecule has 2 aromatic rings. The predicted molar refractivity (Wildman–Crippen MR) is 101 cm³/mol. The van der Waals surface area contributed by atoms with Crippen molar-refractivity contribution in [3.63, 3.8) is 0 Å². The third kappa shape index (κ3) is 4.78. The van der Waals surface area contributed by atoms with Crippen molar-refractivity contribution < 1.29 is 27.8 Å². The van der Waals surface area contributed by atoms with E-state index in [2.05, 4.69) is 0 Å². The van der Waals surface area contributed by atoms with Crippen LogP contribution >= 0.6 is 0 Å². The lowest BCUT2D eigenvalue weighted by Crippen LogP contribution is -2.31. The maximum atomic E-state index is 13.1. The summed E-state index contributed by atoms with van der Waals surface area (Å²) in [5.41, 5.74) is 0.862. The highest BCUT2D eigenvalue weighted by atomic mass is 32.2. The summed E-state index contributed by atoms with van der Waals surface area (Å²) in [5.74, 6) is -0.242. The molecule has 0 saturated heterocycles. The summed E-state index contributed by atoms with van der Waals surface area (Å²) >= 11 is 0. The van der Waals surface area contributed by atoms with Gasteiger partial charge >= 0.3 is 5.97 Å². The van der Waals surface area contributed by atoms with Crippen LogP contribution < -0.4 is 9.47 Å². The molecule has 0 radical (unpaired) electrons. The van der Waals surface area contributed by atoms with Gasteiger partial charge in [-0.3, -0.25) is 0 Å². The lowest BCUT2D eigenvalue weighted by Gasteiger charge is -2.22. The second-order valence-corrected chi connectivity index (χ2v) is 7.80. The van der Waals surface area contributed by atoms with E-state index in [1.54, 1.807) is 18.2 Å². The first-order chi connectivity index (χ1) is 12.8. The van der Waals surface area contributed by atoms with Crippen molar-refractivity contribution in [3.05, 3.63) is 53.6 Å². The number of aromatic carboxylic acids is 1. The molecule has 146 valence electrons. The van der Waals surface area contributed by atoms with E-state index in [0.29, 0.717) is 30.0 Å². The zero-order chi connectivity index (χ0) is 20.0. The normalized spacial score (nSPS) is 11.4. The molecule has 0 bridgehead atoms. The number of carboxylic acid groups (broad SMARTS) is 1. The average Bonchev–Trinajstić information content (AvgIpc) is 2.67. The van der Waals surface area contributed by atoms with E-state index in [0.717, 1.165) is 0 Å².